The molecule has 0 bridgehead atoms. The summed E-state index contributed by atoms with van der Waals surface area (Å²) in [4.78, 5) is 14.4. The van der Waals surface area contributed by atoms with Crippen molar-refractivity contribution in [3.05, 3.63) is 42.0 Å². The summed E-state index contributed by atoms with van der Waals surface area (Å²) in [7, 11) is 0. The first-order valence-electron chi connectivity index (χ1n) is 6.87. The summed E-state index contributed by atoms with van der Waals surface area (Å²) in [5.74, 6) is 0.142. The minimum absolute atomic E-state index is 0.142. The molecule has 0 aliphatic carbocycles. The fourth-order valence-corrected chi connectivity index (χ4v) is 2.74. The number of carbonyl (C=O) groups excluding carboxylic acids is 1. The van der Waals surface area contributed by atoms with Gasteiger partial charge in [0.15, 0.2) is 0 Å². The number of amides is 1. The lowest BCUT2D eigenvalue weighted by atomic mass is 10.1. The maximum atomic E-state index is 12.4. The van der Waals surface area contributed by atoms with Crippen LogP contribution in [0.15, 0.2) is 36.4 Å². The summed E-state index contributed by atoms with van der Waals surface area (Å²) in [6.07, 6.45) is 0.976. The van der Waals surface area contributed by atoms with Crippen molar-refractivity contribution in [3.8, 4) is 0 Å². The number of nitrogens with one attached hydrogen (secondary N) is 1. The zero-order valence-corrected chi connectivity index (χ0v) is 11.1. The number of hydrogen-bond donors (Lipinski definition) is 1. The van der Waals surface area contributed by atoms with E-state index < -0.39 is 0 Å². The molecule has 0 radical (unpaired) electrons. The van der Waals surface area contributed by atoms with Crippen LogP contribution in [0.1, 0.15) is 23.7 Å². The van der Waals surface area contributed by atoms with Crippen molar-refractivity contribution in [2.24, 2.45) is 0 Å². The Bertz CT molecular complexity index is 616. The third-order valence-corrected chi connectivity index (χ3v) is 3.63. The van der Waals surface area contributed by atoms with Crippen LogP contribution in [0, 0.1) is 0 Å². The highest BCUT2D eigenvalue weighted by Crippen LogP contribution is 2.36. The first-order chi connectivity index (χ1) is 9.33. The second-order valence-corrected chi connectivity index (χ2v) is 4.84. The van der Waals surface area contributed by atoms with E-state index in [9.17, 15) is 4.79 Å². The Labute approximate surface area is 113 Å². The Morgan fingerprint density at radius 1 is 1.16 bits per heavy atom. The molecule has 3 heteroatoms. The van der Waals surface area contributed by atoms with Crippen molar-refractivity contribution in [3.63, 3.8) is 0 Å². The summed E-state index contributed by atoms with van der Waals surface area (Å²) in [5.41, 5.74) is 1.91. The van der Waals surface area contributed by atoms with Crippen LogP contribution < -0.4 is 10.2 Å². The predicted octanol–water partition coefficient (Wildman–Crippen LogP) is 2.80. The first kappa shape index (κ1) is 12.2. The largest absolute Gasteiger partial charge is 0.317 e. The molecule has 0 fully saturated rings. The van der Waals surface area contributed by atoms with E-state index in [-0.39, 0.29) is 5.91 Å². The molecule has 0 atom stereocenters. The molecule has 0 saturated heterocycles. The molecular formula is C16H18N2O. The highest BCUT2D eigenvalue weighted by molar-refractivity contribution is 6.24. The van der Waals surface area contributed by atoms with E-state index in [1.165, 1.54) is 0 Å². The van der Waals surface area contributed by atoms with Crippen molar-refractivity contribution >= 4 is 22.4 Å². The summed E-state index contributed by atoms with van der Waals surface area (Å²) in [6.45, 7) is 4.80. The molecule has 3 rings (SSSR count). The lowest BCUT2D eigenvalue weighted by molar-refractivity contribution is 0.0993. The third-order valence-electron chi connectivity index (χ3n) is 3.63. The molecule has 1 heterocycles. The van der Waals surface area contributed by atoms with Gasteiger partial charge in [-0.2, -0.15) is 0 Å². The zero-order chi connectivity index (χ0) is 13.2. The Kier molecular flexibility index (Phi) is 3.22. The molecule has 98 valence electrons. The highest BCUT2D eigenvalue weighted by Gasteiger charge is 2.28. The van der Waals surface area contributed by atoms with Crippen LogP contribution in [0.25, 0.3) is 10.8 Å². The smallest absolute Gasteiger partial charge is 0.258 e. The number of benzene rings is 2. The molecule has 2 aromatic rings. The fraction of sp³-hybridized carbons (Fsp3) is 0.312. The van der Waals surface area contributed by atoms with Gasteiger partial charge < -0.3 is 10.2 Å². The van der Waals surface area contributed by atoms with Gasteiger partial charge in [-0.15, -0.1) is 0 Å². The van der Waals surface area contributed by atoms with Crippen LogP contribution in [-0.4, -0.2) is 25.5 Å². The fourth-order valence-electron chi connectivity index (χ4n) is 2.74. The molecule has 0 unspecified atom stereocenters. The number of hydrogen-bond acceptors (Lipinski definition) is 2. The maximum absolute atomic E-state index is 12.4. The van der Waals surface area contributed by atoms with Crippen molar-refractivity contribution in [2.75, 3.05) is 24.5 Å². The van der Waals surface area contributed by atoms with Crippen molar-refractivity contribution in [1.82, 2.24) is 5.32 Å². The van der Waals surface area contributed by atoms with Crippen LogP contribution in [-0.2, 0) is 0 Å². The molecular weight excluding hydrogens is 236 g/mol. The summed E-state index contributed by atoms with van der Waals surface area (Å²) >= 11 is 0. The van der Waals surface area contributed by atoms with E-state index in [1.54, 1.807) is 0 Å². The minimum atomic E-state index is 0.142. The van der Waals surface area contributed by atoms with E-state index in [2.05, 4.69) is 24.4 Å². The van der Waals surface area contributed by atoms with Gasteiger partial charge in [0.25, 0.3) is 5.91 Å². The van der Waals surface area contributed by atoms with Crippen LogP contribution in [0.2, 0.25) is 0 Å². The second kappa shape index (κ2) is 5.02. The SMILES string of the molecule is CCNCCCN1C(=O)c2cccc3cccc1c23. The summed E-state index contributed by atoms with van der Waals surface area (Å²) in [6, 6.07) is 12.1. The van der Waals surface area contributed by atoms with Gasteiger partial charge in [-0.05, 0) is 37.0 Å². The lowest BCUT2D eigenvalue weighted by Gasteiger charge is -2.17. The molecule has 1 aliphatic heterocycles. The molecule has 19 heavy (non-hydrogen) atoms. The molecule has 3 nitrogen and oxygen atoms in total. The second-order valence-electron chi connectivity index (χ2n) is 4.84. The summed E-state index contributed by atoms with van der Waals surface area (Å²) < 4.78 is 0. The minimum Gasteiger partial charge on any atom is -0.317 e. The quantitative estimate of drug-likeness (QED) is 0.832. The Hall–Kier alpha value is -1.87. The molecule has 2 aromatic carbocycles. The van der Waals surface area contributed by atoms with E-state index in [0.29, 0.717) is 0 Å². The average molecular weight is 254 g/mol. The topological polar surface area (TPSA) is 32.3 Å². The molecule has 0 aromatic heterocycles. The summed E-state index contributed by atoms with van der Waals surface area (Å²) in [5, 5.41) is 5.56. The van der Waals surface area contributed by atoms with Crippen LogP contribution >= 0.6 is 0 Å². The van der Waals surface area contributed by atoms with Crippen LogP contribution in [0.3, 0.4) is 0 Å². The van der Waals surface area contributed by atoms with Gasteiger partial charge in [-0.25, -0.2) is 0 Å². The van der Waals surface area contributed by atoms with Crippen molar-refractivity contribution < 1.29 is 4.79 Å². The highest BCUT2D eigenvalue weighted by atomic mass is 16.2. The number of carbonyl (C=O) groups is 1. The van der Waals surface area contributed by atoms with Gasteiger partial charge in [-0.3, -0.25) is 4.79 Å². The van der Waals surface area contributed by atoms with Gasteiger partial charge in [0.05, 0.1) is 5.69 Å². The molecule has 1 amide bonds. The van der Waals surface area contributed by atoms with Crippen LogP contribution in [0.5, 0.6) is 0 Å². The van der Waals surface area contributed by atoms with Gasteiger partial charge in [0, 0.05) is 17.5 Å². The third kappa shape index (κ3) is 2.00. The van der Waals surface area contributed by atoms with Gasteiger partial charge in [-0.1, -0.05) is 31.2 Å². The zero-order valence-electron chi connectivity index (χ0n) is 11.1. The van der Waals surface area contributed by atoms with Gasteiger partial charge >= 0.3 is 0 Å². The van der Waals surface area contributed by atoms with Gasteiger partial charge in [0.1, 0.15) is 0 Å². The Balaban J connectivity index is 1.90. The van der Waals surface area contributed by atoms with Crippen LogP contribution in [0.4, 0.5) is 5.69 Å². The Morgan fingerprint density at radius 2 is 1.95 bits per heavy atom. The van der Waals surface area contributed by atoms with E-state index in [4.69, 9.17) is 0 Å². The molecule has 1 aliphatic rings. The Morgan fingerprint density at radius 3 is 2.74 bits per heavy atom. The van der Waals surface area contributed by atoms with E-state index in [0.717, 1.165) is 48.1 Å². The lowest BCUT2D eigenvalue weighted by Crippen LogP contribution is -2.30. The van der Waals surface area contributed by atoms with Crippen molar-refractivity contribution in [1.29, 1.82) is 0 Å². The van der Waals surface area contributed by atoms with E-state index in [1.807, 2.05) is 29.2 Å². The first-order valence-corrected chi connectivity index (χ1v) is 6.87. The maximum Gasteiger partial charge on any atom is 0.258 e. The normalized spacial score (nSPS) is 13.5. The standard InChI is InChI=1S/C16H18N2O/c1-2-17-10-5-11-18-14-9-4-7-12-6-3-8-13(15(12)14)16(18)19/h3-4,6-9,17H,2,5,10-11H2,1H3. The number of nitrogens with zero attached hydrogens (tertiary/aromatic N) is 1. The number of rotatable bonds is 5. The molecule has 0 saturated carbocycles. The predicted molar refractivity (Wildman–Crippen MR) is 78.8 cm³/mol. The van der Waals surface area contributed by atoms with Gasteiger partial charge in [0.2, 0.25) is 0 Å². The van der Waals surface area contributed by atoms with E-state index >= 15 is 0 Å². The average Bonchev–Trinajstić information content (AvgIpc) is 2.71. The molecule has 1 N–H and O–H groups in total. The molecule has 0 spiro atoms. The van der Waals surface area contributed by atoms with Crippen molar-refractivity contribution in [2.45, 2.75) is 13.3 Å². The number of anilines is 1. The monoisotopic (exact) mass is 254 g/mol.